The number of aryl methyl sites for hydroxylation is 2. The molecule has 2 heterocycles. The molecule has 0 atom stereocenters. The van der Waals surface area contributed by atoms with E-state index in [1.807, 2.05) is 13.0 Å². The molecule has 0 radical (unpaired) electrons. The van der Waals surface area contributed by atoms with Crippen molar-refractivity contribution in [1.82, 2.24) is 9.88 Å². The Labute approximate surface area is 126 Å². The monoisotopic (exact) mass is 291 g/mol. The Morgan fingerprint density at radius 1 is 1.29 bits per heavy atom. The second-order valence-corrected chi connectivity index (χ2v) is 6.23. The van der Waals surface area contributed by atoms with Crippen LogP contribution in [0.5, 0.6) is 0 Å². The van der Waals surface area contributed by atoms with Gasteiger partial charge in [-0.3, -0.25) is 9.88 Å². The molecule has 1 N–H and O–H groups in total. The van der Waals surface area contributed by atoms with E-state index in [1.54, 1.807) is 6.92 Å². The van der Waals surface area contributed by atoms with Crippen molar-refractivity contribution in [3.63, 3.8) is 0 Å². The Balaban J connectivity index is 2.18. The molecule has 1 aliphatic rings. The highest BCUT2D eigenvalue weighted by molar-refractivity contribution is 5.95. The fourth-order valence-corrected chi connectivity index (χ4v) is 3.01. The van der Waals surface area contributed by atoms with E-state index in [-0.39, 0.29) is 0 Å². The third kappa shape index (κ3) is 3.73. The first-order valence-corrected chi connectivity index (χ1v) is 7.57. The Morgan fingerprint density at radius 3 is 2.43 bits per heavy atom. The van der Waals surface area contributed by atoms with E-state index in [4.69, 9.17) is 0 Å². The van der Waals surface area contributed by atoms with Crippen LogP contribution in [0.1, 0.15) is 35.6 Å². The third-order valence-corrected chi connectivity index (χ3v) is 3.86. The summed E-state index contributed by atoms with van der Waals surface area (Å²) in [4.78, 5) is 20.4. The quantitative estimate of drug-likeness (QED) is 0.921. The number of rotatable bonds is 4. The molecule has 1 aliphatic heterocycles. The molecule has 0 aromatic carbocycles. The van der Waals surface area contributed by atoms with Crippen LogP contribution in [-0.2, 0) is 0 Å². The van der Waals surface area contributed by atoms with E-state index in [0.29, 0.717) is 17.2 Å². The first kappa shape index (κ1) is 15.8. The molecule has 116 valence electrons. The molecule has 0 unspecified atom stereocenters. The van der Waals surface area contributed by atoms with Crippen LogP contribution in [0.3, 0.4) is 0 Å². The highest BCUT2D eigenvalue weighted by atomic mass is 16.4. The van der Waals surface area contributed by atoms with Crippen molar-refractivity contribution in [2.45, 2.75) is 27.7 Å². The van der Waals surface area contributed by atoms with Gasteiger partial charge < -0.3 is 10.0 Å². The molecule has 0 bridgehead atoms. The standard InChI is InChI=1S/C16H25N3O2/c1-11(2)10-18-5-7-19(8-6-18)14-9-12(3)17-13(4)15(14)16(20)21/h9,11H,5-8,10H2,1-4H3,(H,20,21). The van der Waals surface area contributed by atoms with Crippen molar-refractivity contribution < 1.29 is 9.90 Å². The highest BCUT2D eigenvalue weighted by Gasteiger charge is 2.23. The minimum Gasteiger partial charge on any atom is -0.478 e. The molecule has 5 heteroatoms. The average molecular weight is 291 g/mol. The van der Waals surface area contributed by atoms with Crippen molar-refractivity contribution in [3.8, 4) is 0 Å². The van der Waals surface area contributed by atoms with Gasteiger partial charge in [0.2, 0.25) is 0 Å². The number of hydrogen-bond donors (Lipinski definition) is 1. The van der Waals surface area contributed by atoms with Crippen LogP contribution in [0.15, 0.2) is 6.07 Å². The number of nitrogens with zero attached hydrogens (tertiary/aromatic N) is 3. The second-order valence-electron chi connectivity index (χ2n) is 6.23. The van der Waals surface area contributed by atoms with Gasteiger partial charge in [-0.15, -0.1) is 0 Å². The van der Waals surface area contributed by atoms with Crippen LogP contribution in [0.2, 0.25) is 0 Å². The molecule has 0 aliphatic carbocycles. The van der Waals surface area contributed by atoms with Gasteiger partial charge >= 0.3 is 5.97 Å². The molecule has 1 aromatic rings. The molecule has 0 amide bonds. The highest BCUT2D eigenvalue weighted by Crippen LogP contribution is 2.25. The van der Waals surface area contributed by atoms with Gasteiger partial charge in [-0.2, -0.15) is 0 Å². The Kier molecular flexibility index (Phi) is 4.83. The van der Waals surface area contributed by atoms with Gasteiger partial charge in [-0.05, 0) is 25.8 Å². The minimum absolute atomic E-state index is 0.345. The summed E-state index contributed by atoms with van der Waals surface area (Å²) in [7, 11) is 0. The van der Waals surface area contributed by atoms with E-state index < -0.39 is 5.97 Å². The normalized spacial score (nSPS) is 16.5. The molecule has 21 heavy (non-hydrogen) atoms. The third-order valence-electron chi connectivity index (χ3n) is 3.86. The molecular weight excluding hydrogens is 266 g/mol. The maximum Gasteiger partial charge on any atom is 0.339 e. The van der Waals surface area contributed by atoms with Crippen LogP contribution in [0.4, 0.5) is 5.69 Å². The molecule has 0 saturated carbocycles. The molecule has 2 rings (SSSR count). The summed E-state index contributed by atoms with van der Waals surface area (Å²) in [5, 5.41) is 9.46. The number of aromatic nitrogens is 1. The molecule has 5 nitrogen and oxygen atoms in total. The summed E-state index contributed by atoms with van der Waals surface area (Å²) in [6.07, 6.45) is 0. The number of piperazine rings is 1. The fourth-order valence-electron chi connectivity index (χ4n) is 3.01. The first-order valence-electron chi connectivity index (χ1n) is 7.57. The Morgan fingerprint density at radius 2 is 1.90 bits per heavy atom. The fraction of sp³-hybridized carbons (Fsp3) is 0.625. The summed E-state index contributed by atoms with van der Waals surface area (Å²) in [6.45, 7) is 13.0. The number of carboxylic acids is 1. The summed E-state index contributed by atoms with van der Waals surface area (Å²) in [6, 6.07) is 1.90. The lowest BCUT2D eigenvalue weighted by Gasteiger charge is -2.37. The van der Waals surface area contributed by atoms with Gasteiger partial charge in [0.05, 0.1) is 11.4 Å². The van der Waals surface area contributed by atoms with E-state index in [2.05, 4.69) is 28.6 Å². The van der Waals surface area contributed by atoms with E-state index in [0.717, 1.165) is 44.1 Å². The van der Waals surface area contributed by atoms with Crippen molar-refractivity contribution >= 4 is 11.7 Å². The average Bonchev–Trinajstić information content (AvgIpc) is 2.37. The van der Waals surface area contributed by atoms with Gasteiger partial charge in [0.15, 0.2) is 0 Å². The van der Waals surface area contributed by atoms with Gasteiger partial charge in [0.25, 0.3) is 0 Å². The maximum atomic E-state index is 11.5. The van der Waals surface area contributed by atoms with Crippen molar-refractivity contribution in [2.24, 2.45) is 5.92 Å². The summed E-state index contributed by atoms with van der Waals surface area (Å²) in [5.41, 5.74) is 2.63. The van der Waals surface area contributed by atoms with E-state index in [1.165, 1.54) is 0 Å². The summed E-state index contributed by atoms with van der Waals surface area (Å²) in [5.74, 6) is -0.226. The van der Waals surface area contributed by atoms with Crippen LogP contribution < -0.4 is 4.90 Å². The maximum absolute atomic E-state index is 11.5. The first-order chi connectivity index (χ1) is 9.88. The van der Waals surface area contributed by atoms with Crippen LogP contribution >= 0.6 is 0 Å². The van der Waals surface area contributed by atoms with Crippen LogP contribution in [-0.4, -0.2) is 53.7 Å². The van der Waals surface area contributed by atoms with Gasteiger partial charge in [-0.1, -0.05) is 13.8 Å². The lowest BCUT2D eigenvalue weighted by Crippen LogP contribution is -2.47. The lowest BCUT2D eigenvalue weighted by atomic mass is 10.1. The number of pyridine rings is 1. The van der Waals surface area contributed by atoms with Gasteiger partial charge in [0.1, 0.15) is 5.56 Å². The van der Waals surface area contributed by atoms with Crippen LogP contribution in [0, 0.1) is 19.8 Å². The molecule has 1 fully saturated rings. The largest absolute Gasteiger partial charge is 0.478 e. The molecule has 0 spiro atoms. The summed E-state index contributed by atoms with van der Waals surface area (Å²) < 4.78 is 0. The predicted octanol–water partition coefficient (Wildman–Crippen LogP) is 2.17. The van der Waals surface area contributed by atoms with Crippen LogP contribution in [0.25, 0.3) is 0 Å². The zero-order valence-electron chi connectivity index (χ0n) is 13.4. The Bertz CT molecular complexity index is 520. The topological polar surface area (TPSA) is 56.7 Å². The molecule has 1 aromatic heterocycles. The summed E-state index contributed by atoms with van der Waals surface area (Å²) >= 11 is 0. The second kappa shape index (κ2) is 6.43. The predicted molar refractivity (Wildman–Crippen MR) is 84.2 cm³/mol. The number of carboxylic acid groups (broad SMARTS) is 1. The lowest BCUT2D eigenvalue weighted by molar-refractivity contribution is 0.0696. The van der Waals surface area contributed by atoms with Crippen molar-refractivity contribution in [2.75, 3.05) is 37.6 Å². The minimum atomic E-state index is -0.889. The van der Waals surface area contributed by atoms with Crippen molar-refractivity contribution in [1.29, 1.82) is 0 Å². The van der Waals surface area contributed by atoms with Gasteiger partial charge in [-0.25, -0.2) is 4.79 Å². The molecule has 1 saturated heterocycles. The number of carbonyl (C=O) groups is 1. The van der Waals surface area contributed by atoms with Crippen molar-refractivity contribution in [3.05, 3.63) is 23.0 Å². The Hall–Kier alpha value is -1.62. The van der Waals surface area contributed by atoms with E-state index in [9.17, 15) is 9.90 Å². The van der Waals surface area contributed by atoms with E-state index >= 15 is 0 Å². The zero-order valence-corrected chi connectivity index (χ0v) is 13.4. The number of anilines is 1. The van der Waals surface area contributed by atoms with Gasteiger partial charge in [0, 0.05) is 38.4 Å². The number of hydrogen-bond acceptors (Lipinski definition) is 4. The smallest absolute Gasteiger partial charge is 0.339 e. The number of aromatic carboxylic acids is 1. The SMILES string of the molecule is Cc1cc(N2CCN(CC(C)C)CC2)c(C(=O)O)c(C)n1. The zero-order chi connectivity index (χ0) is 15.6. The molecular formula is C16H25N3O2.